The lowest BCUT2D eigenvalue weighted by Gasteiger charge is -2.12. The third-order valence-electron chi connectivity index (χ3n) is 4.28. The quantitative estimate of drug-likeness (QED) is 0.788. The normalized spacial score (nSPS) is 28.8. The fourth-order valence-electron chi connectivity index (χ4n) is 2.88. The third-order valence-corrected chi connectivity index (χ3v) is 6.25. The van der Waals surface area contributed by atoms with E-state index in [9.17, 15) is 26.0 Å². The van der Waals surface area contributed by atoms with Crippen LogP contribution >= 0.6 is 0 Å². The fraction of sp³-hybridized carbons (Fsp3) is 0.429. The predicted octanol–water partition coefficient (Wildman–Crippen LogP) is 2.44. The van der Waals surface area contributed by atoms with Crippen molar-refractivity contribution in [3.63, 3.8) is 0 Å². The number of sulfone groups is 1. The maximum absolute atomic E-state index is 14.2. The Hall–Kier alpha value is -1.97. The van der Waals surface area contributed by atoms with Gasteiger partial charge in [0.05, 0.1) is 6.04 Å². The molecular formula is C14H11F4N3O2S. The molecule has 0 saturated heterocycles. The van der Waals surface area contributed by atoms with E-state index in [0.29, 0.717) is 0 Å². The number of halogens is 4. The SMILES string of the molecule is O=S(=O)(c1nc2n(n1)[C@H](c1ccc(F)c(F)c1)C[C@@H]2F)[C@@H]1C[C@H]1F. The highest BCUT2D eigenvalue weighted by Gasteiger charge is 2.51. The molecule has 1 aliphatic heterocycles. The molecule has 0 radical (unpaired) electrons. The number of hydrogen-bond acceptors (Lipinski definition) is 4. The van der Waals surface area contributed by atoms with Gasteiger partial charge in [-0.3, -0.25) is 0 Å². The Morgan fingerprint density at radius 3 is 2.46 bits per heavy atom. The van der Waals surface area contributed by atoms with Gasteiger partial charge in [0.15, 0.2) is 23.6 Å². The first-order chi connectivity index (χ1) is 11.3. The number of hydrogen-bond donors (Lipinski definition) is 0. The maximum Gasteiger partial charge on any atom is 0.267 e. The highest BCUT2D eigenvalue weighted by molar-refractivity contribution is 7.92. The monoisotopic (exact) mass is 361 g/mol. The second-order valence-corrected chi connectivity index (χ2v) is 7.99. The minimum atomic E-state index is -4.06. The van der Waals surface area contributed by atoms with Crippen molar-refractivity contribution in [2.24, 2.45) is 0 Å². The second kappa shape index (κ2) is 5.01. The van der Waals surface area contributed by atoms with Crippen LogP contribution in [0.5, 0.6) is 0 Å². The maximum atomic E-state index is 14.2. The van der Waals surface area contributed by atoms with Crippen LogP contribution in [0.25, 0.3) is 0 Å². The molecule has 0 amide bonds. The molecule has 2 heterocycles. The molecule has 0 bridgehead atoms. The molecule has 0 N–H and O–H groups in total. The van der Waals surface area contributed by atoms with E-state index in [1.807, 2.05) is 0 Å². The number of fused-ring (bicyclic) bond motifs is 1. The summed E-state index contributed by atoms with van der Waals surface area (Å²) in [4.78, 5) is 3.71. The minimum absolute atomic E-state index is 0.115. The van der Waals surface area contributed by atoms with Gasteiger partial charge < -0.3 is 0 Å². The molecule has 1 aromatic heterocycles. The van der Waals surface area contributed by atoms with Crippen LogP contribution in [0.2, 0.25) is 0 Å². The summed E-state index contributed by atoms with van der Waals surface area (Å²) in [5, 5.41) is 1.99. The van der Waals surface area contributed by atoms with E-state index in [4.69, 9.17) is 0 Å². The fourth-order valence-corrected chi connectivity index (χ4v) is 4.40. The summed E-state index contributed by atoms with van der Waals surface area (Å²) in [6.07, 6.45) is -3.30. The van der Waals surface area contributed by atoms with Gasteiger partial charge in [0.2, 0.25) is 9.84 Å². The van der Waals surface area contributed by atoms with Crippen LogP contribution < -0.4 is 0 Å². The highest BCUT2D eigenvalue weighted by atomic mass is 32.2. The van der Waals surface area contributed by atoms with E-state index in [2.05, 4.69) is 10.1 Å². The Morgan fingerprint density at radius 1 is 1.12 bits per heavy atom. The lowest BCUT2D eigenvalue weighted by molar-refractivity contribution is 0.326. The molecule has 1 fully saturated rings. The molecule has 1 aromatic carbocycles. The van der Waals surface area contributed by atoms with Gasteiger partial charge in [-0.2, -0.15) is 4.98 Å². The van der Waals surface area contributed by atoms with Gasteiger partial charge in [0.25, 0.3) is 5.16 Å². The Balaban J connectivity index is 1.75. The first-order valence-electron chi connectivity index (χ1n) is 7.22. The predicted molar refractivity (Wildman–Crippen MR) is 73.5 cm³/mol. The van der Waals surface area contributed by atoms with Crippen molar-refractivity contribution in [3.8, 4) is 0 Å². The van der Waals surface area contributed by atoms with Gasteiger partial charge in [-0.05, 0) is 24.1 Å². The molecule has 1 saturated carbocycles. The van der Waals surface area contributed by atoms with Crippen LogP contribution in [0.15, 0.2) is 23.4 Å². The zero-order valence-corrected chi connectivity index (χ0v) is 12.9. The molecule has 0 spiro atoms. The molecule has 128 valence electrons. The first kappa shape index (κ1) is 15.6. The number of benzene rings is 1. The van der Waals surface area contributed by atoms with E-state index < -0.39 is 50.3 Å². The third kappa shape index (κ3) is 2.23. The minimum Gasteiger partial charge on any atom is -0.246 e. The zero-order chi connectivity index (χ0) is 17.2. The Labute approximate surface area is 134 Å². The molecule has 10 heteroatoms. The molecular weight excluding hydrogens is 350 g/mol. The van der Waals surface area contributed by atoms with Crippen molar-refractivity contribution in [3.05, 3.63) is 41.2 Å². The Bertz CT molecular complexity index is 930. The average Bonchev–Trinajstić information content (AvgIpc) is 2.99. The van der Waals surface area contributed by atoms with E-state index in [0.717, 1.165) is 16.8 Å². The summed E-state index contributed by atoms with van der Waals surface area (Å²) in [5.41, 5.74) is 0.249. The van der Waals surface area contributed by atoms with Gasteiger partial charge >= 0.3 is 0 Å². The van der Waals surface area contributed by atoms with Crippen LogP contribution in [0.1, 0.15) is 36.4 Å². The summed E-state index contributed by atoms with van der Waals surface area (Å²) in [7, 11) is -4.06. The number of rotatable bonds is 3. The summed E-state index contributed by atoms with van der Waals surface area (Å²) in [6, 6.07) is 2.29. The van der Waals surface area contributed by atoms with Crippen molar-refractivity contribution in [1.82, 2.24) is 14.8 Å². The molecule has 4 atom stereocenters. The number of nitrogens with zero attached hydrogens (tertiary/aromatic N) is 3. The lowest BCUT2D eigenvalue weighted by atomic mass is 10.0. The molecule has 5 nitrogen and oxygen atoms in total. The lowest BCUT2D eigenvalue weighted by Crippen LogP contribution is -2.14. The Morgan fingerprint density at radius 2 is 1.83 bits per heavy atom. The number of alkyl halides is 2. The highest BCUT2D eigenvalue weighted by Crippen LogP contribution is 2.42. The Kier molecular flexibility index (Phi) is 3.25. The van der Waals surface area contributed by atoms with Gasteiger partial charge in [-0.15, -0.1) is 5.10 Å². The second-order valence-electron chi connectivity index (χ2n) is 5.92. The van der Waals surface area contributed by atoms with Crippen molar-refractivity contribution >= 4 is 9.84 Å². The topological polar surface area (TPSA) is 64.8 Å². The van der Waals surface area contributed by atoms with Crippen LogP contribution in [0, 0.1) is 11.6 Å². The van der Waals surface area contributed by atoms with Crippen molar-refractivity contribution in [2.45, 2.75) is 41.6 Å². The zero-order valence-electron chi connectivity index (χ0n) is 12.0. The molecule has 2 aliphatic rings. The average molecular weight is 361 g/mol. The van der Waals surface area contributed by atoms with Crippen LogP contribution in [-0.4, -0.2) is 34.6 Å². The van der Waals surface area contributed by atoms with Crippen LogP contribution in [0.3, 0.4) is 0 Å². The van der Waals surface area contributed by atoms with Crippen LogP contribution in [0.4, 0.5) is 17.6 Å². The van der Waals surface area contributed by atoms with Gasteiger partial charge in [-0.25, -0.2) is 30.7 Å². The molecule has 24 heavy (non-hydrogen) atoms. The smallest absolute Gasteiger partial charge is 0.246 e. The summed E-state index contributed by atoms with van der Waals surface area (Å²) in [5.74, 6) is -2.35. The van der Waals surface area contributed by atoms with Gasteiger partial charge in [-0.1, -0.05) is 6.07 Å². The summed E-state index contributed by atoms with van der Waals surface area (Å²) < 4.78 is 79.0. The standard InChI is InChI=1S/C14H11F4N3O2S/c15-7-2-1-6(3-8(7)16)11-4-10(18)13-19-14(20-21(11)13)24(22,23)12-5-9(12)17/h1-3,9-12H,4-5H2/t9-,10+,11+,12-/m1/s1. The van der Waals surface area contributed by atoms with Crippen LogP contribution in [-0.2, 0) is 9.84 Å². The first-order valence-corrected chi connectivity index (χ1v) is 8.77. The largest absolute Gasteiger partial charge is 0.267 e. The van der Waals surface area contributed by atoms with E-state index in [-0.39, 0.29) is 24.2 Å². The van der Waals surface area contributed by atoms with Crippen molar-refractivity contribution in [1.29, 1.82) is 0 Å². The van der Waals surface area contributed by atoms with E-state index >= 15 is 0 Å². The molecule has 0 unspecified atom stereocenters. The van der Waals surface area contributed by atoms with Gasteiger partial charge in [0.1, 0.15) is 11.4 Å². The molecule has 1 aliphatic carbocycles. The van der Waals surface area contributed by atoms with Crippen molar-refractivity contribution < 1.29 is 26.0 Å². The summed E-state index contributed by atoms with van der Waals surface area (Å²) >= 11 is 0. The summed E-state index contributed by atoms with van der Waals surface area (Å²) in [6.45, 7) is 0. The van der Waals surface area contributed by atoms with E-state index in [1.165, 1.54) is 6.07 Å². The molecule has 4 rings (SSSR count). The van der Waals surface area contributed by atoms with E-state index in [1.54, 1.807) is 0 Å². The van der Waals surface area contributed by atoms with Gasteiger partial charge in [0, 0.05) is 6.42 Å². The molecule has 2 aromatic rings. The number of aromatic nitrogens is 3. The van der Waals surface area contributed by atoms with Crippen molar-refractivity contribution in [2.75, 3.05) is 0 Å².